The Labute approximate surface area is 179 Å². The molecular formula is C25H26F6. The van der Waals surface area contributed by atoms with Crippen molar-refractivity contribution in [2.75, 3.05) is 6.67 Å². The molecule has 1 aliphatic carbocycles. The summed E-state index contributed by atoms with van der Waals surface area (Å²) < 4.78 is 78.0. The van der Waals surface area contributed by atoms with Crippen LogP contribution in [0.3, 0.4) is 0 Å². The van der Waals surface area contributed by atoms with Gasteiger partial charge in [0.15, 0.2) is 0 Å². The van der Waals surface area contributed by atoms with Crippen molar-refractivity contribution in [3.63, 3.8) is 0 Å². The molecule has 0 amide bonds. The topological polar surface area (TPSA) is 0 Å². The minimum atomic E-state index is -5.07. The second-order valence-corrected chi connectivity index (χ2v) is 8.30. The number of halogens is 6. The molecule has 2 aromatic rings. The summed E-state index contributed by atoms with van der Waals surface area (Å²) in [5.74, 6) is -1.92. The molecular weight excluding hydrogens is 414 g/mol. The lowest BCUT2D eigenvalue weighted by Crippen LogP contribution is -2.14. The molecule has 0 spiro atoms. The Morgan fingerprint density at radius 1 is 0.806 bits per heavy atom. The molecule has 168 valence electrons. The normalized spacial score (nSPS) is 19.8. The van der Waals surface area contributed by atoms with E-state index in [9.17, 15) is 26.3 Å². The summed E-state index contributed by atoms with van der Waals surface area (Å²) >= 11 is 0. The fourth-order valence-corrected chi connectivity index (χ4v) is 4.35. The quantitative estimate of drug-likeness (QED) is 0.300. The third kappa shape index (κ3) is 6.37. The maximum absolute atomic E-state index is 13.8. The molecule has 1 aliphatic rings. The molecule has 0 aliphatic heterocycles. The van der Waals surface area contributed by atoms with Crippen molar-refractivity contribution in [2.45, 2.75) is 51.1 Å². The van der Waals surface area contributed by atoms with E-state index in [2.05, 4.69) is 0 Å². The molecule has 0 unspecified atom stereocenters. The molecule has 1 fully saturated rings. The lowest BCUT2D eigenvalue weighted by Gasteiger charge is -2.28. The number of aryl methyl sites for hydroxylation is 1. The fourth-order valence-electron chi connectivity index (χ4n) is 4.35. The van der Waals surface area contributed by atoms with Gasteiger partial charge < -0.3 is 0 Å². The molecule has 1 saturated carbocycles. The standard InChI is InChI=1S/C25H26F6/c26-14-2-1-3-17-4-6-18(7-5-17)8-9-19-10-12-20(13-11-19)21-15-22(27)24(23(28)16-21)25(29,30)31/h1-2,10-13,15-18H,3-9,14H2/b2-1+. The van der Waals surface area contributed by atoms with Crippen molar-refractivity contribution < 1.29 is 26.3 Å². The minimum Gasteiger partial charge on any atom is -0.247 e. The summed E-state index contributed by atoms with van der Waals surface area (Å²) in [6.45, 7) is -0.406. The predicted molar refractivity (Wildman–Crippen MR) is 110 cm³/mol. The second kappa shape index (κ2) is 10.4. The van der Waals surface area contributed by atoms with E-state index < -0.39 is 30.0 Å². The van der Waals surface area contributed by atoms with Gasteiger partial charge in [0.2, 0.25) is 0 Å². The lowest BCUT2D eigenvalue weighted by molar-refractivity contribution is -0.142. The van der Waals surface area contributed by atoms with Crippen molar-refractivity contribution >= 4 is 0 Å². The first-order valence-electron chi connectivity index (χ1n) is 10.6. The van der Waals surface area contributed by atoms with E-state index in [0.717, 1.165) is 62.6 Å². The van der Waals surface area contributed by atoms with Gasteiger partial charge in [-0.2, -0.15) is 13.2 Å². The zero-order valence-corrected chi connectivity index (χ0v) is 17.2. The molecule has 3 rings (SSSR count). The highest BCUT2D eigenvalue weighted by Gasteiger charge is 2.38. The molecule has 0 bridgehead atoms. The van der Waals surface area contributed by atoms with Crippen LogP contribution in [0.4, 0.5) is 26.3 Å². The molecule has 0 N–H and O–H groups in total. The van der Waals surface area contributed by atoms with E-state index in [-0.39, 0.29) is 5.56 Å². The van der Waals surface area contributed by atoms with Crippen LogP contribution < -0.4 is 0 Å². The maximum Gasteiger partial charge on any atom is 0.422 e. The van der Waals surface area contributed by atoms with Gasteiger partial charge in [-0.1, -0.05) is 49.3 Å². The Balaban J connectivity index is 1.55. The van der Waals surface area contributed by atoms with Gasteiger partial charge in [-0.3, -0.25) is 0 Å². The number of hydrogen-bond donors (Lipinski definition) is 0. The van der Waals surface area contributed by atoms with Crippen molar-refractivity contribution in [1.82, 2.24) is 0 Å². The van der Waals surface area contributed by atoms with Crippen LogP contribution in [0, 0.1) is 23.5 Å². The van der Waals surface area contributed by atoms with Crippen LogP contribution >= 0.6 is 0 Å². The summed E-state index contributed by atoms with van der Waals surface area (Å²) in [6, 6.07) is 8.53. The highest BCUT2D eigenvalue weighted by Crippen LogP contribution is 2.36. The average Bonchev–Trinajstić information content (AvgIpc) is 2.72. The molecule has 0 atom stereocenters. The van der Waals surface area contributed by atoms with Crippen LogP contribution in [-0.2, 0) is 12.6 Å². The van der Waals surface area contributed by atoms with Crippen LogP contribution in [0.5, 0.6) is 0 Å². The summed E-state index contributed by atoms with van der Waals surface area (Å²) in [5, 5.41) is 0. The minimum absolute atomic E-state index is 0.0784. The Hall–Kier alpha value is -2.24. The zero-order chi connectivity index (χ0) is 22.4. The molecule has 31 heavy (non-hydrogen) atoms. The van der Waals surface area contributed by atoms with E-state index in [1.165, 1.54) is 0 Å². The average molecular weight is 440 g/mol. The van der Waals surface area contributed by atoms with Crippen molar-refractivity contribution in [3.05, 3.63) is 71.3 Å². The van der Waals surface area contributed by atoms with Gasteiger partial charge in [0.1, 0.15) is 23.9 Å². The van der Waals surface area contributed by atoms with Crippen LogP contribution in [0.25, 0.3) is 11.1 Å². The SMILES string of the molecule is FC/C=C/CC1CCC(CCc2ccc(-c3cc(F)c(C(F)(F)F)c(F)c3)cc2)CC1. The zero-order valence-electron chi connectivity index (χ0n) is 17.2. The highest BCUT2D eigenvalue weighted by molar-refractivity contribution is 5.64. The lowest BCUT2D eigenvalue weighted by atomic mass is 9.78. The molecule has 6 heteroatoms. The highest BCUT2D eigenvalue weighted by atomic mass is 19.4. The number of rotatable bonds is 7. The number of hydrogen-bond acceptors (Lipinski definition) is 0. The first-order valence-corrected chi connectivity index (χ1v) is 10.6. The van der Waals surface area contributed by atoms with Gasteiger partial charge in [0, 0.05) is 0 Å². The summed E-state index contributed by atoms with van der Waals surface area (Å²) in [5.41, 5.74) is -0.225. The molecule has 0 heterocycles. The number of allylic oxidation sites excluding steroid dienone is 2. The van der Waals surface area contributed by atoms with Gasteiger partial charge in [0.25, 0.3) is 0 Å². The van der Waals surface area contributed by atoms with E-state index in [4.69, 9.17) is 0 Å². The summed E-state index contributed by atoms with van der Waals surface area (Å²) in [7, 11) is 0. The number of alkyl halides is 4. The van der Waals surface area contributed by atoms with Crippen molar-refractivity contribution in [1.29, 1.82) is 0 Å². The molecule has 0 nitrogen and oxygen atoms in total. The predicted octanol–water partition coefficient (Wildman–Crippen LogP) is 8.31. The maximum atomic E-state index is 13.8. The first-order chi connectivity index (χ1) is 14.8. The Morgan fingerprint density at radius 3 is 1.94 bits per heavy atom. The Kier molecular flexibility index (Phi) is 7.84. The van der Waals surface area contributed by atoms with E-state index in [1.54, 1.807) is 18.2 Å². The summed E-state index contributed by atoms with van der Waals surface area (Å²) in [4.78, 5) is 0. The monoisotopic (exact) mass is 440 g/mol. The van der Waals surface area contributed by atoms with Crippen LogP contribution in [0.15, 0.2) is 48.6 Å². The number of benzene rings is 2. The van der Waals surface area contributed by atoms with Gasteiger partial charge in [0.05, 0.1) is 0 Å². The summed E-state index contributed by atoms with van der Waals surface area (Å²) in [6.07, 6.45) is 5.96. The Bertz CT molecular complexity index is 851. The van der Waals surface area contributed by atoms with E-state index in [1.807, 2.05) is 18.2 Å². The first kappa shape index (κ1) is 23.4. The van der Waals surface area contributed by atoms with Gasteiger partial charge in [-0.05, 0) is 72.8 Å². The van der Waals surface area contributed by atoms with Crippen molar-refractivity contribution in [3.8, 4) is 11.1 Å². The van der Waals surface area contributed by atoms with E-state index >= 15 is 0 Å². The molecule has 0 saturated heterocycles. The Morgan fingerprint density at radius 2 is 1.39 bits per heavy atom. The smallest absolute Gasteiger partial charge is 0.247 e. The molecule has 0 aromatic heterocycles. The van der Waals surface area contributed by atoms with E-state index in [0.29, 0.717) is 17.4 Å². The van der Waals surface area contributed by atoms with Crippen LogP contribution in [0.2, 0.25) is 0 Å². The third-order valence-electron chi connectivity index (χ3n) is 6.15. The van der Waals surface area contributed by atoms with Gasteiger partial charge in [-0.15, -0.1) is 0 Å². The fraction of sp³-hybridized carbons (Fsp3) is 0.440. The van der Waals surface area contributed by atoms with Crippen LogP contribution in [0.1, 0.15) is 49.7 Å². The second-order valence-electron chi connectivity index (χ2n) is 8.30. The van der Waals surface area contributed by atoms with Gasteiger partial charge >= 0.3 is 6.18 Å². The molecule has 2 aromatic carbocycles. The molecule has 0 radical (unpaired) electrons. The van der Waals surface area contributed by atoms with Gasteiger partial charge in [-0.25, -0.2) is 13.2 Å². The third-order valence-corrected chi connectivity index (χ3v) is 6.15. The van der Waals surface area contributed by atoms with Crippen molar-refractivity contribution in [2.24, 2.45) is 11.8 Å². The largest absolute Gasteiger partial charge is 0.422 e. The van der Waals surface area contributed by atoms with Crippen LogP contribution in [-0.4, -0.2) is 6.67 Å².